The Hall–Kier alpha value is -2.77. The van der Waals surface area contributed by atoms with Crippen molar-refractivity contribution in [3.63, 3.8) is 0 Å². The molecule has 0 saturated heterocycles. The molecule has 1 aliphatic carbocycles. The van der Waals surface area contributed by atoms with Crippen molar-refractivity contribution in [3.8, 4) is 5.75 Å². The molecule has 1 aliphatic rings. The first kappa shape index (κ1) is 23.4. The third-order valence-electron chi connectivity index (χ3n) is 5.55. The van der Waals surface area contributed by atoms with Gasteiger partial charge in [-0.3, -0.25) is 4.79 Å². The molecule has 174 valence electrons. The summed E-state index contributed by atoms with van der Waals surface area (Å²) in [5, 5.41) is 3.98. The van der Waals surface area contributed by atoms with Gasteiger partial charge in [-0.25, -0.2) is 4.79 Å². The van der Waals surface area contributed by atoms with Crippen molar-refractivity contribution in [1.29, 1.82) is 0 Å². The van der Waals surface area contributed by atoms with Gasteiger partial charge in [0, 0.05) is 9.90 Å². The van der Waals surface area contributed by atoms with Crippen LogP contribution < -0.4 is 10.1 Å². The normalized spacial score (nSPS) is 13.8. The Bertz CT molecular complexity index is 1150. The summed E-state index contributed by atoms with van der Waals surface area (Å²) in [5.74, 6) is 0.460. The number of halogens is 1. The van der Waals surface area contributed by atoms with Gasteiger partial charge in [0.1, 0.15) is 23.1 Å². The van der Waals surface area contributed by atoms with E-state index < -0.39 is 5.91 Å². The van der Waals surface area contributed by atoms with Gasteiger partial charge in [-0.2, -0.15) is 0 Å². The minimum atomic E-state index is -0.416. The Labute approximate surface area is 201 Å². The number of ether oxygens (including phenoxy) is 2. The van der Waals surface area contributed by atoms with Crippen molar-refractivity contribution in [1.82, 2.24) is 0 Å². The van der Waals surface area contributed by atoms with Gasteiger partial charge in [-0.15, -0.1) is 11.3 Å². The molecular formula is C25H26ClNO5S. The summed E-state index contributed by atoms with van der Waals surface area (Å²) in [6.07, 6.45) is 4.37. The van der Waals surface area contributed by atoms with Crippen LogP contribution in [0.4, 0.5) is 5.00 Å². The van der Waals surface area contributed by atoms with Crippen LogP contribution in [0.1, 0.15) is 70.2 Å². The number of fused-ring (bicyclic) bond motifs is 1. The molecule has 0 aliphatic heterocycles. The maximum absolute atomic E-state index is 12.9. The average Bonchev–Trinajstić information content (AvgIpc) is 3.42. The first-order chi connectivity index (χ1) is 15.9. The van der Waals surface area contributed by atoms with Gasteiger partial charge in [0.05, 0.1) is 11.7 Å². The van der Waals surface area contributed by atoms with Crippen LogP contribution in [0.5, 0.6) is 5.75 Å². The molecule has 8 heteroatoms. The summed E-state index contributed by atoms with van der Waals surface area (Å²) in [4.78, 5) is 27.0. The second kappa shape index (κ2) is 10.4. The minimum absolute atomic E-state index is 0.146. The van der Waals surface area contributed by atoms with Crippen LogP contribution in [0.15, 0.2) is 40.8 Å². The van der Waals surface area contributed by atoms with E-state index in [1.165, 1.54) is 11.3 Å². The molecule has 1 aromatic carbocycles. The number of hydrogen-bond acceptors (Lipinski definition) is 6. The Balaban J connectivity index is 1.48. The minimum Gasteiger partial charge on any atom is -0.486 e. The first-order valence-corrected chi connectivity index (χ1v) is 12.3. The van der Waals surface area contributed by atoms with Crippen LogP contribution >= 0.6 is 22.9 Å². The number of furan rings is 1. The maximum atomic E-state index is 12.9. The van der Waals surface area contributed by atoms with Gasteiger partial charge in [0.25, 0.3) is 5.91 Å². The van der Waals surface area contributed by atoms with E-state index in [9.17, 15) is 9.59 Å². The van der Waals surface area contributed by atoms with Crippen molar-refractivity contribution >= 4 is 39.8 Å². The van der Waals surface area contributed by atoms with Crippen LogP contribution in [-0.4, -0.2) is 18.0 Å². The number of hydrogen-bond donors (Lipinski definition) is 1. The molecule has 1 N–H and O–H groups in total. The van der Waals surface area contributed by atoms with Crippen LogP contribution in [0.3, 0.4) is 0 Å². The predicted molar refractivity (Wildman–Crippen MR) is 129 cm³/mol. The van der Waals surface area contributed by atoms with Crippen LogP contribution in [0, 0.1) is 0 Å². The quantitative estimate of drug-likeness (QED) is 0.359. The lowest BCUT2D eigenvalue weighted by Gasteiger charge is -2.15. The van der Waals surface area contributed by atoms with Crippen LogP contribution in [-0.2, 0) is 24.2 Å². The summed E-state index contributed by atoms with van der Waals surface area (Å²) in [7, 11) is 0. The van der Waals surface area contributed by atoms with Crippen LogP contribution in [0.25, 0.3) is 0 Å². The number of thiophene rings is 1. The molecular weight excluding hydrogens is 462 g/mol. The third-order valence-corrected chi connectivity index (χ3v) is 6.99. The SMILES string of the molecule is CCC(C)OC(=O)c1c(NC(=O)c2ccc(COc3cccc(Cl)c3)o2)sc2c1CCCC2. The van der Waals surface area contributed by atoms with Gasteiger partial charge in [-0.1, -0.05) is 24.6 Å². The summed E-state index contributed by atoms with van der Waals surface area (Å²) >= 11 is 7.42. The molecule has 0 radical (unpaired) electrons. The molecule has 33 heavy (non-hydrogen) atoms. The highest BCUT2D eigenvalue weighted by atomic mass is 35.5. The second-order valence-electron chi connectivity index (χ2n) is 8.01. The zero-order chi connectivity index (χ0) is 23.4. The lowest BCUT2D eigenvalue weighted by atomic mass is 9.95. The number of carbonyl (C=O) groups excluding carboxylic acids is 2. The number of rotatable bonds is 8. The van der Waals surface area contributed by atoms with E-state index in [1.54, 1.807) is 36.4 Å². The molecule has 1 atom stereocenters. The highest BCUT2D eigenvalue weighted by molar-refractivity contribution is 7.17. The number of benzene rings is 1. The smallest absolute Gasteiger partial charge is 0.341 e. The lowest BCUT2D eigenvalue weighted by Crippen LogP contribution is -2.18. The van der Waals surface area contributed by atoms with E-state index in [-0.39, 0.29) is 24.4 Å². The van der Waals surface area contributed by atoms with Gasteiger partial charge in [-0.05, 0) is 74.9 Å². The highest BCUT2D eigenvalue weighted by Gasteiger charge is 2.28. The fourth-order valence-electron chi connectivity index (χ4n) is 3.65. The van der Waals surface area contributed by atoms with E-state index in [4.69, 9.17) is 25.5 Å². The second-order valence-corrected chi connectivity index (χ2v) is 9.55. The Morgan fingerprint density at radius 1 is 1.21 bits per heavy atom. The Morgan fingerprint density at radius 2 is 2.03 bits per heavy atom. The summed E-state index contributed by atoms with van der Waals surface area (Å²) in [5.41, 5.74) is 1.49. The van der Waals surface area contributed by atoms with Crippen molar-refractivity contribution in [2.45, 2.75) is 58.7 Å². The van der Waals surface area contributed by atoms with Gasteiger partial charge in [0.15, 0.2) is 5.76 Å². The van der Waals surface area contributed by atoms with E-state index in [0.717, 1.165) is 42.5 Å². The van der Waals surface area contributed by atoms with Gasteiger partial charge < -0.3 is 19.2 Å². The number of esters is 1. The van der Waals surface area contributed by atoms with Crippen molar-refractivity contribution < 1.29 is 23.5 Å². The first-order valence-electron chi connectivity index (χ1n) is 11.1. The molecule has 0 saturated carbocycles. The number of nitrogens with one attached hydrogen (secondary N) is 1. The fraction of sp³-hybridized carbons (Fsp3) is 0.360. The number of anilines is 1. The van der Waals surface area contributed by atoms with Gasteiger partial charge >= 0.3 is 5.97 Å². The summed E-state index contributed by atoms with van der Waals surface area (Å²) < 4.78 is 16.9. The molecule has 2 aromatic heterocycles. The van der Waals surface area contributed by atoms with Crippen molar-refractivity contribution in [3.05, 3.63) is 68.9 Å². The fourth-order valence-corrected chi connectivity index (χ4v) is 5.10. The van der Waals surface area contributed by atoms with Gasteiger partial charge in [0.2, 0.25) is 0 Å². The Kier molecular flexibility index (Phi) is 7.40. The molecule has 0 spiro atoms. The molecule has 1 amide bonds. The van der Waals surface area contributed by atoms with E-state index in [1.807, 2.05) is 13.8 Å². The monoisotopic (exact) mass is 487 g/mol. The van der Waals surface area contributed by atoms with Crippen molar-refractivity contribution in [2.75, 3.05) is 5.32 Å². The topological polar surface area (TPSA) is 77.8 Å². The third kappa shape index (κ3) is 5.60. The predicted octanol–water partition coefficient (Wildman–Crippen LogP) is 6.66. The molecule has 3 aromatic rings. The molecule has 0 bridgehead atoms. The molecule has 0 fully saturated rings. The van der Waals surface area contributed by atoms with Crippen molar-refractivity contribution in [2.24, 2.45) is 0 Å². The van der Waals surface area contributed by atoms with E-state index in [0.29, 0.717) is 27.1 Å². The number of aryl methyl sites for hydroxylation is 1. The van der Waals surface area contributed by atoms with E-state index >= 15 is 0 Å². The summed E-state index contributed by atoms with van der Waals surface area (Å²) in [6, 6.07) is 10.3. The van der Waals surface area contributed by atoms with Crippen LogP contribution in [0.2, 0.25) is 5.02 Å². The maximum Gasteiger partial charge on any atom is 0.341 e. The molecule has 1 unspecified atom stereocenters. The zero-order valence-electron chi connectivity index (χ0n) is 18.6. The largest absolute Gasteiger partial charge is 0.486 e. The molecule has 6 nitrogen and oxygen atoms in total. The summed E-state index contributed by atoms with van der Waals surface area (Å²) in [6.45, 7) is 3.99. The zero-order valence-corrected chi connectivity index (χ0v) is 20.2. The standard InChI is InChI=1S/C25H26ClNO5S/c1-3-15(2)31-25(29)22-19-9-4-5-10-21(19)33-24(22)27-23(28)20-12-11-18(32-20)14-30-17-8-6-7-16(26)13-17/h6-8,11-13,15H,3-5,9-10,14H2,1-2H3,(H,27,28). The lowest BCUT2D eigenvalue weighted by molar-refractivity contribution is 0.0335. The van der Waals surface area contributed by atoms with E-state index in [2.05, 4.69) is 5.32 Å². The Morgan fingerprint density at radius 3 is 2.82 bits per heavy atom. The molecule has 4 rings (SSSR count). The number of carbonyl (C=O) groups is 2. The average molecular weight is 488 g/mol. The number of amides is 1. The molecule has 2 heterocycles. The highest BCUT2D eigenvalue weighted by Crippen LogP contribution is 2.39.